The second kappa shape index (κ2) is 7.17. The van der Waals surface area contributed by atoms with Gasteiger partial charge in [0, 0.05) is 40.1 Å². The predicted molar refractivity (Wildman–Crippen MR) is 67.0 cm³/mol. The van der Waals surface area contributed by atoms with Crippen LogP contribution in [0.15, 0.2) is 24.4 Å². The number of hydrogen-bond donors (Lipinski definition) is 0. The number of pyridine rings is 1. The standard InChI is InChI=1S/C12H17NO3S/c1-10(9-12(14)16-2)17(15)8-6-11-5-3-4-7-13-11/h3-5,7,10H,6,8-9H2,1-2H3. The maximum Gasteiger partial charge on any atom is 0.306 e. The number of carbonyl (C=O) groups is 1. The van der Waals surface area contributed by atoms with Crippen molar-refractivity contribution in [3.05, 3.63) is 30.1 Å². The van der Waals surface area contributed by atoms with Crippen molar-refractivity contribution in [3.63, 3.8) is 0 Å². The van der Waals surface area contributed by atoms with E-state index in [1.165, 1.54) is 7.11 Å². The molecule has 1 aromatic rings. The molecule has 94 valence electrons. The fraction of sp³-hybridized carbons (Fsp3) is 0.500. The average Bonchev–Trinajstić information content (AvgIpc) is 2.36. The molecule has 0 aromatic carbocycles. The number of rotatable bonds is 6. The lowest BCUT2D eigenvalue weighted by Gasteiger charge is -2.09. The van der Waals surface area contributed by atoms with Crippen LogP contribution in [0.4, 0.5) is 0 Å². The molecule has 0 spiro atoms. The van der Waals surface area contributed by atoms with Crippen LogP contribution in [-0.2, 0) is 26.8 Å². The molecule has 0 bridgehead atoms. The van der Waals surface area contributed by atoms with Gasteiger partial charge in [-0.05, 0) is 12.1 Å². The summed E-state index contributed by atoms with van der Waals surface area (Å²) in [6, 6.07) is 5.66. The van der Waals surface area contributed by atoms with Crippen molar-refractivity contribution in [2.75, 3.05) is 12.9 Å². The highest BCUT2D eigenvalue weighted by Crippen LogP contribution is 2.05. The third kappa shape index (κ3) is 5.08. The minimum Gasteiger partial charge on any atom is -0.469 e. The van der Waals surface area contributed by atoms with Crippen molar-refractivity contribution in [2.24, 2.45) is 0 Å². The highest BCUT2D eigenvalue weighted by Gasteiger charge is 2.15. The van der Waals surface area contributed by atoms with Gasteiger partial charge in [0.15, 0.2) is 0 Å². The SMILES string of the molecule is COC(=O)CC(C)S(=O)CCc1ccccn1. The van der Waals surface area contributed by atoms with Crippen LogP contribution < -0.4 is 0 Å². The highest BCUT2D eigenvalue weighted by molar-refractivity contribution is 7.85. The molecule has 0 radical (unpaired) electrons. The van der Waals surface area contributed by atoms with Gasteiger partial charge in [0.05, 0.1) is 13.5 Å². The van der Waals surface area contributed by atoms with Crippen molar-refractivity contribution >= 4 is 16.8 Å². The van der Waals surface area contributed by atoms with Crippen LogP contribution in [0.2, 0.25) is 0 Å². The molecule has 2 atom stereocenters. The molecule has 17 heavy (non-hydrogen) atoms. The smallest absolute Gasteiger partial charge is 0.306 e. The van der Waals surface area contributed by atoms with E-state index in [4.69, 9.17) is 0 Å². The monoisotopic (exact) mass is 255 g/mol. The first kappa shape index (κ1) is 13.8. The fourth-order valence-electron chi connectivity index (χ4n) is 1.36. The molecular formula is C12H17NO3S. The van der Waals surface area contributed by atoms with Crippen molar-refractivity contribution in [3.8, 4) is 0 Å². The summed E-state index contributed by atoms with van der Waals surface area (Å²) in [5.41, 5.74) is 0.922. The van der Waals surface area contributed by atoms with E-state index in [2.05, 4.69) is 9.72 Å². The maximum absolute atomic E-state index is 11.8. The van der Waals surface area contributed by atoms with Gasteiger partial charge in [-0.3, -0.25) is 14.0 Å². The van der Waals surface area contributed by atoms with E-state index in [9.17, 15) is 9.00 Å². The molecule has 0 N–H and O–H groups in total. The summed E-state index contributed by atoms with van der Waals surface area (Å²) >= 11 is 0. The van der Waals surface area contributed by atoms with E-state index in [1.807, 2.05) is 18.2 Å². The molecule has 1 aromatic heterocycles. The normalized spacial score (nSPS) is 14.0. The minimum absolute atomic E-state index is 0.175. The van der Waals surface area contributed by atoms with Crippen molar-refractivity contribution in [1.29, 1.82) is 0 Å². The highest BCUT2D eigenvalue weighted by atomic mass is 32.2. The van der Waals surface area contributed by atoms with E-state index in [1.54, 1.807) is 13.1 Å². The first-order valence-electron chi connectivity index (χ1n) is 5.47. The van der Waals surface area contributed by atoms with E-state index in [0.717, 1.165) is 5.69 Å². The van der Waals surface area contributed by atoms with Crippen LogP contribution >= 0.6 is 0 Å². The largest absolute Gasteiger partial charge is 0.469 e. The number of aromatic nitrogens is 1. The third-order valence-electron chi connectivity index (χ3n) is 2.42. The van der Waals surface area contributed by atoms with E-state index < -0.39 is 10.8 Å². The van der Waals surface area contributed by atoms with Crippen molar-refractivity contribution in [1.82, 2.24) is 4.98 Å². The van der Waals surface area contributed by atoms with Crippen molar-refractivity contribution in [2.45, 2.75) is 25.0 Å². The molecule has 1 rings (SSSR count). The van der Waals surface area contributed by atoms with Crippen LogP contribution in [0.5, 0.6) is 0 Å². The van der Waals surface area contributed by atoms with Crippen LogP contribution in [0.25, 0.3) is 0 Å². The molecule has 0 fully saturated rings. The Morgan fingerprint density at radius 1 is 1.53 bits per heavy atom. The quantitative estimate of drug-likeness (QED) is 0.719. The fourth-order valence-corrected chi connectivity index (χ4v) is 2.50. The van der Waals surface area contributed by atoms with Crippen LogP contribution in [0.3, 0.4) is 0 Å². The van der Waals surface area contributed by atoms with Gasteiger partial charge < -0.3 is 4.74 Å². The Kier molecular flexibility index (Phi) is 5.83. The van der Waals surface area contributed by atoms with Gasteiger partial charge in [0.1, 0.15) is 0 Å². The zero-order valence-electron chi connectivity index (χ0n) is 10.1. The summed E-state index contributed by atoms with van der Waals surface area (Å²) in [5.74, 6) is 0.207. The number of esters is 1. The number of aryl methyl sites for hydroxylation is 1. The van der Waals surface area contributed by atoms with Crippen molar-refractivity contribution < 1.29 is 13.7 Å². The molecule has 0 aliphatic rings. The average molecular weight is 255 g/mol. The number of hydrogen-bond acceptors (Lipinski definition) is 4. The molecule has 1 heterocycles. The van der Waals surface area contributed by atoms with Crippen LogP contribution in [0, 0.1) is 0 Å². The lowest BCUT2D eigenvalue weighted by atomic mass is 10.3. The first-order valence-corrected chi connectivity index (χ1v) is 6.85. The third-order valence-corrected chi connectivity index (χ3v) is 4.09. The molecular weight excluding hydrogens is 238 g/mol. The molecule has 4 nitrogen and oxygen atoms in total. The summed E-state index contributed by atoms with van der Waals surface area (Å²) in [7, 11) is 0.311. The molecule has 0 aliphatic heterocycles. The predicted octanol–water partition coefficient (Wildman–Crippen LogP) is 1.32. The molecule has 0 saturated heterocycles. The summed E-state index contributed by atoms with van der Waals surface area (Å²) in [6.45, 7) is 1.80. The van der Waals surface area contributed by atoms with Gasteiger partial charge in [-0.15, -0.1) is 0 Å². The molecule has 0 saturated carbocycles. The second-order valence-corrected chi connectivity index (χ2v) is 5.72. The lowest BCUT2D eigenvalue weighted by Crippen LogP contribution is -2.20. The Morgan fingerprint density at radius 3 is 2.88 bits per heavy atom. The van der Waals surface area contributed by atoms with E-state index in [-0.39, 0.29) is 17.6 Å². The maximum atomic E-state index is 11.8. The number of ether oxygens (including phenoxy) is 1. The van der Waals surface area contributed by atoms with Gasteiger partial charge in [-0.1, -0.05) is 13.0 Å². The summed E-state index contributed by atoms with van der Waals surface area (Å²) < 4.78 is 16.4. The van der Waals surface area contributed by atoms with E-state index >= 15 is 0 Å². The van der Waals surface area contributed by atoms with Gasteiger partial charge in [-0.25, -0.2) is 0 Å². The van der Waals surface area contributed by atoms with Crippen LogP contribution in [0.1, 0.15) is 19.0 Å². The Labute approximate surface area is 104 Å². The zero-order valence-corrected chi connectivity index (χ0v) is 10.9. The van der Waals surface area contributed by atoms with Crippen LogP contribution in [-0.4, -0.2) is 33.3 Å². The zero-order chi connectivity index (χ0) is 12.7. The topological polar surface area (TPSA) is 56.3 Å². The van der Waals surface area contributed by atoms with Gasteiger partial charge in [0.25, 0.3) is 0 Å². The Balaban J connectivity index is 2.37. The Bertz CT molecular complexity index is 381. The summed E-state index contributed by atoms with van der Waals surface area (Å²) in [6.07, 6.45) is 2.58. The summed E-state index contributed by atoms with van der Waals surface area (Å²) in [4.78, 5) is 15.2. The van der Waals surface area contributed by atoms with Gasteiger partial charge in [0.2, 0.25) is 0 Å². The van der Waals surface area contributed by atoms with Gasteiger partial charge in [-0.2, -0.15) is 0 Å². The minimum atomic E-state index is -1.03. The lowest BCUT2D eigenvalue weighted by molar-refractivity contribution is -0.140. The summed E-state index contributed by atoms with van der Waals surface area (Å²) in [5, 5.41) is -0.175. The Morgan fingerprint density at radius 2 is 2.29 bits per heavy atom. The van der Waals surface area contributed by atoms with E-state index in [0.29, 0.717) is 12.2 Å². The number of nitrogens with zero attached hydrogens (tertiary/aromatic N) is 1. The molecule has 0 aliphatic carbocycles. The Hall–Kier alpha value is -1.23. The number of carbonyl (C=O) groups excluding carboxylic acids is 1. The second-order valence-electron chi connectivity index (χ2n) is 3.75. The molecule has 0 amide bonds. The molecule has 2 unspecified atom stereocenters. The number of methoxy groups -OCH3 is 1. The molecule has 5 heteroatoms. The first-order chi connectivity index (χ1) is 8.13. The van der Waals surface area contributed by atoms with Gasteiger partial charge >= 0.3 is 5.97 Å².